The summed E-state index contributed by atoms with van der Waals surface area (Å²) < 4.78 is 25.3. The van der Waals surface area contributed by atoms with Crippen molar-refractivity contribution in [2.45, 2.75) is 10.3 Å². The first-order valence-electron chi connectivity index (χ1n) is 9.97. The Balaban J connectivity index is 1.53. The molecule has 0 unspecified atom stereocenters. The molecule has 1 N–H and O–H groups in total. The highest BCUT2D eigenvalue weighted by molar-refractivity contribution is 6.53. The number of alkyl halides is 2. The van der Waals surface area contributed by atoms with Gasteiger partial charge >= 0.3 is 0 Å². The number of nitrogens with zero attached hydrogens (tertiary/aromatic N) is 1. The minimum Gasteiger partial charge on any atom is -0.326 e. The summed E-state index contributed by atoms with van der Waals surface area (Å²) in [5.74, 6) is -3.37. The van der Waals surface area contributed by atoms with Gasteiger partial charge < -0.3 is 10.2 Å². The molecule has 3 aromatic rings. The van der Waals surface area contributed by atoms with E-state index < -0.39 is 39.6 Å². The molecule has 0 radical (unpaired) electrons. The number of rotatable bonds is 5. The van der Waals surface area contributed by atoms with Gasteiger partial charge in [-0.1, -0.05) is 29.3 Å². The predicted octanol–water partition coefficient (Wildman–Crippen LogP) is 7.07. The SMILES string of the molecule is CN(C(=O)c1cc(NC(=O)[C@H]2[C@H](c3ccc(F)c(Cl)c3)C2(Cl)Cl)ccc1Cl)c1ccc(F)cc1. The molecule has 176 valence electrons. The minimum atomic E-state index is -1.40. The second-order valence-corrected chi connectivity index (χ2v) is 10.1. The highest BCUT2D eigenvalue weighted by Gasteiger charge is 2.67. The van der Waals surface area contributed by atoms with Crippen LogP contribution in [0.5, 0.6) is 0 Å². The molecular formula is C24H16Cl4F2N2O2. The maximum Gasteiger partial charge on any atom is 0.259 e. The van der Waals surface area contributed by atoms with Gasteiger partial charge in [0, 0.05) is 24.3 Å². The average molecular weight is 544 g/mol. The molecule has 1 fully saturated rings. The number of carbonyl (C=O) groups excluding carboxylic acids is 2. The number of carbonyl (C=O) groups is 2. The van der Waals surface area contributed by atoms with Crippen LogP contribution in [0.3, 0.4) is 0 Å². The van der Waals surface area contributed by atoms with Gasteiger partial charge in [-0.3, -0.25) is 9.59 Å². The highest BCUT2D eigenvalue weighted by atomic mass is 35.5. The van der Waals surface area contributed by atoms with Crippen LogP contribution in [0.15, 0.2) is 60.7 Å². The minimum absolute atomic E-state index is 0.0983. The Morgan fingerprint density at radius 1 is 0.941 bits per heavy atom. The van der Waals surface area contributed by atoms with Crippen molar-refractivity contribution in [3.05, 3.63) is 93.5 Å². The summed E-state index contributed by atoms with van der Waals surface area (Å²) in [6.45, 7) is 0. The van der Waals surface area contributed by atoms with E-state index in [4.69, 9.17) is 46.4 Å². The van der Waals surface area contributed by atoms with Crippen molar-refractivity contribution in [1.82, 2.24) is 0 Å². The van der Waals surface area contributed by atoms with Crippen molar-refractivity contribution in [3.63, 3.8) is 0 Å². The van der Waals surface area contributed by atoms with Crippen LogP contribution in [0.2, 0.25) is 10.0 Å². The van der Waals surface area contributed by atoms with Crippen molar-refractivity contribution in [2.24, 2.45) is 5.92 Å². The lowest BCUT2D eigenvalue weighted by Gasteiger charge is -2.18. The van der Waals surface area contributed by atoms with E-state index in [0.717, 1.165) is 0 Å². The molecule has 0 aliphatic heterocycles. The number of nitrogens with one attached hydrogen (secondary N) is 1. The fourth-order valence-corrected chi connectivity index (χ4v) is 4.94. The maximum absolute atomic E-state index is 13.5. The van der Waals surface area contributed by atoms with Crippen molar-refractivity contribution < 1.29 is 18.4 Å². The fourth-order valence-electron chi connectivity index (χ4n) is 3.72. The lowest BCUT2D eigenvalue weighted by molar-refractivity contribution is -0.117. The molecule has 1 aliphatic carbocycles. The summed E-state index contributed by atoms with van der Waals surface area (Å²) in [6, 6.07) is 13.9. The summed E-state index contributed by atoms with van der Waals surface area (Å²) in [4.78, 5) is 27.2. The number of benzene rings is 3. The molecule has 0 saturated heterocycles. The third kappa shape index (κ3) is 4.73. The first kappa shape index (κ1) is 24.7. The molecule has 1 aliphatic rings. The lowest BCUT2D eigenvalue weighted by Crippen LogP contribution is -2.26. The number of anilines is 2. The van der Waals surface area contributed by atoms with Crippen LogP contribution >= 0.6 is 46.4 Å². The van der Waals surface area contributed by atoms with Gasteiger partial charge in [0.05, 0.1) is 21.5 Å². The van der Waals surface area contributed by atoms with Gasteiger partial charge in [-0.25, -0.2) is 8.78 Å². The quantitative estimate of drug-likeness (QED) is 0.350. The van der Waals surface area contributed by atoms with Crippen LogP contribution in [-0.4, -0.2) is 23.2 Å². The van der Waals surface area contributed by atoms with Crippen LogP contribution in [0.4, 0.5) is 20.2 Å². The van der Waals surface area contributed by atoms with Crippen molar-refractivity contribution >= 4 is 69.6 Å². The van der Waals surface area contributed by atoms with Gasteiger partial charge in [0.1, 0.15) is 16.0 Å². The Hall–Kier alpha value is -2.38. The van der Waals surface area contributed by atoms with Gasteiger partial charge in [0.25, 0.3) is 5.91 Å². The Morgan fingerprint density at radius 2 is 1.62 bits per heavy atom. The van der Waals surface area contributed by atoms with Crippen LogP contribution in [-0.2, 0) is 4.79 Å². The van der Waals surface area contributed by atoms with E-state index in [1.165, 1.54) is 72.6 Å². The van der Waals surface area contributed by atoms with E-state index in [-0.39, 0.29) is 15.6 Å². The largest absolute Gasteiger partial charge is 0.326 e. The van der Waals surface area contributed by atoms with E-state index in [1.807, 2.05) is 0 Å². The number of hydrogen-bond donors (Lipinski definition) is 1. The highest BCUT2D eigenvalue weighted by Crippen LogP contribution is 2.65. The maximum atomic E-state index is 13.5. The van der Waals surface area contributed by atoms with E-state index in [9.17, 15) is 18.4 Å². The third-order valence-corrected chi connectivity index (χ3v) is 7.18. The summed E-state index contributed by atoms with van der Waals surface area (Å²) in [5.41, 5.74) is 1.43. The normalized spacial score (nSPS) is 18.3. The van der Waals surface area contributed by atoms with Crippen molar-refractivity contribution in [2.75, 3.05) is 17.3 Å². The molecule has 4 rings (SSSR count). The molecule has 0 heterocycles. The van der Waals surface area contributed by atoms with E-state index in [0.29, 0.717) is 16.9 Å². The lowest BCUT2D eigenvalue weighted by atomic mass is 10.1. The summed E-state index contributed by atoms with van der Waals surface area (Å²) >= 11 is 24.8. The topological polar surface area (TPSA) is 49.4 Å². The molecule has 4 nitrogen and oxygen atoms in total. The smallest absolute Gasteiger partial charge is 0.259 e. The van der Waals surface area contributed by atoms with Crippen LogP contribution in [0.25, 0.3) is 0 Å². The van der Waals surface area contributed by atoms with Crippen molar-refractivity contribution in [1.29, 1.82) is 0 Å². The summed E-state index contributed by atoms with van der Waals surface area (Å²) in [7, 11) is 1.52. The average Bonchev–Trinajstić information content (AvgIpc) is 3.38. The predicted molar refractivity (Wildman–Crippen MR) is 131 cm³/mol. The molecule has 2 amide bonds. The van der Waals surface area contributed by atoms with E-state index in [1.54, 1.807) is 0 Å². The second kappa shape index (κ2) is 9.34. The molecule has 3 aromatic carbocycles. The molecule has 34 heavy (non-hydrogen) atoms. The Morgan fingerprint density at radius 3 is 2.26 bits per heavy atom. The van der Waals surface area contributed by atoms with Gasteiger partial charge in [-0.05, 0) is 60.2 Å². The monoisotopic (exact) mass is 542 g/mol. The molecule has 1 saturated carbocycles. The first-order chi connectivity index (χ1) is 16.0. The first-order valence-corrected chi connectivity index (χ1v) is 11.5. The Labute approximate surface area is 214 Å². The summed E-state index contributed by atoms with van der Waals surface area (Å²) in [6.07, 6.45) is 0. The molecular weight excluding hydrogens is 528 g/mol. The Kier molecular flexibility index (Phi) is 6.80. The molecule has 10 heteroatoms. The standard InChI is InChI=1S/C24H16Cl4F2N2O2/c1-32(15-6-3-13(29)4-7-15)23(34)16-11-14(5-8-17(16)25)31-22(33)21-20(24(21,27)28)12-2-9-19(30)18(26)10-12/h2-11,20-21H,1H3,(H,31,33)/t20-,21+/m0/s1. The van der Waals surface area contributed by atoms with E-state index in [2.05, 4.69) is 5.32 Å². The van der Waals surface area contributed by atoms with E-state index >= 15 is 0 Å². The van der Waals surface area contributed by atoms with Crippen LogP contribution < -0.4 is 10.2 Å². The summed E-state index contributed by atoms with van der Waals surface area (Å²) in [5, 5.41) is 2.77. The number of halogens is 6. The van der Waals surface area contributed by atoms with Crippen molar-refractivity contribution in [3.8, 4) is 0 Å². The zero-order valence-electron chi connectivity index (χ0n) is 17.5. The van der Waals surface area contributed by atoms with Crippen LogP contribution in [0, 0.1) is 17.6 Å². The van der Waals surface area contributed by atoms with Gasteiger partial charge in [0.15, 0.2) is 0 Å². The third-order valence-electron chi connectivity index (χ3n) is 5.62. The fraction of sp³-hybridized carbons (Fsp3) is 0.167. The Bertz CT molecular complexity index is 1280. The van der Waals surface area contributed by atoms with Crippen LogP contribution in [0.1, 0.15) is 21.8 Å². The van der Waals surface area contributed by atoms with Gasteiger partial charge in [-0.2, -0.15) is 0 Å². The molecule has 0 spiro atoms. The zero-order valence-corrected chi connectivity index (χ0v) is 20.5. The zero-order chi connectivity index (χ0) is 24.8. The molecule has 0 bridgehead atoms. The molecule has 2 atom stereocenters. The molecule has 0 aromatic heterocycles. The second-order valence-electron chi connectivity index (χ2n) is 7.83. The number of amides is 2. The number of hydrogen-bond acceptors (Lipinski definition) is 2. The van der Waals surface area contributed by atoms with Gasteiger partial charge in [0.2, 0.25) is 5.91 Å². The van der Waals surface area contributed by atoms with Gasteiger partial charge in [-0.15, -0.1) is 23.2 Å².